The van der Waals surface area contributed by atoms with E-state index >= 15 is 0 Å². The fraction of sp³-hybridized carbons (Fsp3) is 0.684. The van der Waals surface area contributed by atoms with E-state index in [9.17, 15) is 0 Å². The van der Waals surface area contributed by atoms with Crippen LogP contribution in [0.3, 0.4) is 0 Å². The summed E-state index contributed by atoms with van der Waals surface area (Å²) in [7, 11) is 0. The van der Waals surface area contributed by atoms with Crippen LogP contribution in [0.15, 0.2) is 18.2 Å². The van der Waals surface area contributed by atoms with E-state index in [4.69, 9.17) is 0 Å². The quantitative estimate of drug-likeness (QED) is 0.914. The number of nitrogens with zero attached hydrogens (tertiary/aromatic N) is 1. The van der Waals surface area contributed by atoms with E-state index in [1.807, 2.05) is 0 Å². The average molecular weight is 284 g/mol. The Balaban J connectivity index is 1.46. The van der Waals surface area contributed by atoms with E-state index in [-0.39, 0.29) is 0 Å². The lowest BCUT2D eigenvalue weighted by Gasteiger charge is -2.26. The van der Waals surface area contributed by atoms with Crippen molar-refractivity contribution in [1.29, 1.82) is 0 Å². The first-order chi connectivity index (χ1) is 10.3. The lowest BCUT2D eigenvalue weighted by atomic mass is 9.89. The molecule has 1 aromatic rings. The fourth-order valence-electron chi connectivity index (χ4n) is 4.72. The number of benzene rings is 1. The number of aryl methyl sites for hydroxylation is 2. The summed E-state index contributed by atoms with van der Waals surface area (Å²) >= 11 is 0. The third-order valence-corrected chi connectivity index (χ3v) is 5.94. The van der Waals surface area contributed by atoms with Crippen LogP contribution in [0.4, 0.5) is 0 Å². The molecule has 3 aliphatic rings. The van der Waals surface area contributed by atoms with Crippen molar-refractivity contribution in [3.8, 4) is 0 Å². The lowest BCUT2D eigenvalue weighted by Crippen LogP contribution is -2.40. The molecule has 21 heavy (non-hydrogen) atoms. The first-order valence-corrected chi connectivity index (χ1v) is 8.93. The molecule has 3 atom stereocenters. The molecule has 1 N–H and O–H groups in total. The molecule has 0 radical (unpaired) electrons. The molecule has 2 heterocycles. The molecule has 1 aliphatic carbocycles. The largest absolute Gasteiger partial charge is 0.306 e. The maximum Gasteiger partial charge on any atom is 0.0295 e. The molecule has 2 saturated heterocycles. The van der Waals surface area contributed by atoms with Crippen molar-refractivity contribution in [2.45, 2.75) is 70.0 Å². The van der Waals surface area contributed by atoms with Crippen molar-refractivity contribution in [3.05, 3.63) is 34.9 Å². The maximum absolute atomic E-state index is 3.93. The highest BCUT2D eigenvalue weighted by Crippen LogP contribution is 2.30. The SMILES string of the molecule is CC(NC1CCN2CCCC12)c1ccc2c(c1)CCCC2. The van der Waals surface area contributed by atoms with Gasteiger partial charge in [0.25, 0.3) is 0 Å². The number of fused-ring (bicyclic) bond motifs is 2. The van der Waals surface area contributed by atoms with E-state index in [1.165, 1.54) is 63.6 Å². The van der Waals surface area contributed by atoms with E-state index in [1.54, 1.807) is 11.1 Å². The zero-order chi connectivity index (χ0) is 14.2. The smallest absolute Gasteiger partial charge is 0.0295 e. The zero-order valence-corrected chi connectivity index (χ0v) is 13.3. The van der Waals surface area contributed by atoms with Gasteiger partial charge in [-0.15, -0.1) is 0 Å². The minimum Gasteiger partial charge on any atom is -0.306 e. The summed E-state index contributed by atoms with van der Waals surface area (Å²) in [4.78, 5) is 2.69. The first kappa shape index (κ1) is 13.8. The van der Waals surface area contributed by atoms with Crippen molar-refractivity contribution >= 4 is 0 Å². The predicted molar refractivity (Wildman–Crippen MR) is 87.6 cm³/mol. The molecule has 4 rings (SSSR count). The number of nitrogens with one attached hydrogen (secondary N) is 1. The standard InChI is InChI=1S/C19H28N2/c1-14(20-18-10-12-21-11-4-7-19(18)21)16-9-8-15-5-2-3-6-17(15)13-16/h8-9,13-14,18-20H,2-7,10-12H2,1H3. The molecule has 2 aliphatic heterocycles. The average Bonchev–Trinajstić information content (AvgIpc) is 3.12. The monoisotopic (exact) mass is 284 g/mol. The summed E-state index contributed by atoms with van der Waals surface area (Å²) in [6.07, 6.45) is 9.45. The van der Waals surface area contributed by atoms with Gasteiger partial charge in [0.15, 0.2) is 0 Å². The van der Waals surface area contributed by atoms with Gasteiger partial charge in [-0.1, -0.05) is 18.2 Å². The molecule has 2 nitrogen and oxygen atoms in total. The Morgan fingerprint density at radius 3 is 2.81 bits per heavy atom. The predicted octanol–water partition coefficient (Wildman–Crippen LogP) is 3.45. The molecule has 1 aromatic carbocycles. The van der Waals surface area contributed by atoms with Gasteiger partial charge in [-0.05, 0) is 75.1 Å². The molecular formula is C19H28N2. The maximum atomic E-state index is 3.93. The molecular weight excluding hydrogens is 256 g/mol. The molecule has 0 aromatic heterocycles. The normalized spacial score (nSPS) is 30.1. The Bertz CT molecular complexity index is 510. The Hall–Kier alpha value is -0.860. The van der Waals surface area contributed by atoms with Gasteiger partial charge in [-0.2, -0.15) is 0 Å². The molecule has 0 saturated carbocycles. The van der Waals surface area contributed by atoms with Crippen LogP contribution in [0, 0.1) is 0 Å². The Morgan fingerprint density at radius 1 is 1.05 bits per heavy atom. The number of rotatable bonds is 3. The molecule has 114 valence electrons. The summed E-state index contributed by atoms with van der Waals surface area (Å²) in [5, 5.41) is 3.93. The van der Waals surface area contributed by atoms with Gasteiger partial charge >= 0.3 is 0 Å². The second kappa shape index (κ2) is 5.73. The Kier molecular flexibility index (Phi) is 3.76. The molecule has 3 unspecified atom stereocenters. The van der Waals surface area contributed by atoms with Crippen LogP contribution in [-0.2, 0) is 12.8 Å². The van der Waals surface area contributed by atoms with Crippen molar-refractivity contribution in [1.82, 2.24) is 10.2 Å². The second-order valence-electron chi connectivity index (χ2n) is 7.26. The zero-order valence-electron chi connectivity index (χ0n) is 13.3. The number of hydrogen-bond acceptors (Lipinski definition) is 2. The lowest BCUT2D eigenvalue weighted by molar-refractivity contribution is 0.291. The van der Waals surface area contributed by atoms with Crippen LogP contribution in [0.2, 0.25) is 0 Å². The van der Waals surface area contributed by atoms with Crippen molar-refractivity contribution in [3.63, 3.8) is 0 Å². The topological polar surface area (TPSA) is 15.3 Å². The molecule has 2 fully saturated rings. The third-order valence-electron chi connectivity index (χ3n) is 5.94. The van der Waals surface area contributed by atoms with Crippen LogP contribution in [-0.4, -0.2) is 30.1 Å². The molecule has 0 spiro atoms. The second-order valence-corrected chi connectivity index (χ2v) is 7.26. The van der Waals surface area contributed by atoms with Crippen molar-refractivity contribution in [2.75, 3.05) is 13.1 Å². The molecule has 0 bridgehead atoms. The number of hydrogen-bond donors (Lipinski definition) is 1. The van der Waals surface area contributed by atoms with Crippen molar-refractivity contribution < 1.29 is 0 Å². The van der Waals surface area contributed by atoms with Gasteiger partial charge in [0.2, 0.25) is 0 Å². The van der Waals surface area contributed by atoms with Gasteiger partial charge < -0.3 is 5.32 Å². The first-order valence-electron chi connectivity index (χ1n) is 8.93. The highest BCUT2D eigenvalue weighted by atomic mass is 15.2. The van der Waals surface area contributed by atoms with E-state index < -0.39 is 0 Å². The van der Waals surface area contributed by atoms with Crippen LogP contribution in [0.25, 0.3) is 0 Å². The van der Waals surface area contributed by atoms with Crippen LogP contribution in [0.5, 0.6) is 0 Å². The van der Waals surface area contributed by atoms with Crippen molar-refractivity contribution in [2.24, 2.45) is 0 Å². The Morgan fingerprint density at radius 2 is 1.90 bits per heavy atom. The summed E-state index contributed by atoms with van der Waals surface area (Å²) in [6.45, 7) is 4.98. The molecule has 0 amide bonds. The highest BCUT2D eigenvalue weighted by molar-refractivity contribution is 5.35. The third kappa shape index (κ3) is 2.64. The summed E-state index contributed by atoms with van der Waals surface area (Å²) in [5.74, 6) is 0. The molecule has 2 heteroatoms. The summed E-state index contributed by atoms with van der Waals surface area (Å²) in [6, 6.07) is 9.24. The van der Waals surface area contributed by atoms with Gasteiger partial charge in [-0.3, -0.25) is 4.90 Å². The van der Waals surface area contributed by atoms with Gasteiger partial charge in [-0.25, -0.2) is 0 Å². The Labute approximate surface area is 128 Å². The van der Waals surface area contributed by atoms with Gasteiger partial charge in [0.1, 0.15) is 0 Å². The van der Waals surface area contributed by atoms with Gasteiger partial charge in [0.05, 0.1) is 0 Å². The summed E-state index contributed by atoms with van der Waals surface area (Å²) in [5.41, 5.74) is 4.70. The van der Waals surface area contributed by atoms with E-state index in [2.05, 4.69) is 35.3 Å². The minimum absolute atomic E-state index is 0.489. The summed E-state index contributed by atoms with van der Waals surface area (Å²) < 4.78 is 0. The fourth-order valence-corrected chi connectivity index (χ4v) is 4.72. The van der Waals surface area contributed by atoms with Gasteiger partial charge in [0, 0.05) is 24.7 Å². The highest BCUT2D eigenvalue weighted by Gasteiger charge is 2.37. The van der Waals surface area contributed by atoms with E-state index in [0.29, 0.717) is 12.1 Å². The van der Waals surface area contributed by atoms with E-state index in [0.717, 1.165) is 6.04 Å². The van der Waals surface area contributed by atoms with Crippen LogP contribution < -0.4 is 5.32 Å². The van der Waals surface area contributed by atoms with Crippen LogP contribution >= 0.6 is 0 Å². The van der Waals surface area contributed by atoms with Crippen LogP contribution in [0.1, 0.15) is 61.8 Å². The minimum atomic E-state index is 0.489.